The van der Waals surface area contributed by atoms with Crippen molar-refractivity contribution in [1.29, 1.82) is 0 Å². The molecule has 114 valence electrons. The van der Waals surface area contributed by atoms with Crippen molar-refractivity contribution in [3.05, 3.63) is 41.2 Å². The molecule has 0 aliphatic rings. The van der Waals surface area contributed by atoms with Gasteiger partial charge in [-0.3, -0.25) is 10.5 Å². The number of aryl methyl sites for hydroxylation is 2. The van der Waals surface area contributed by atoms with Gasteiger partial charge in [0.05, 0.1) is 26.5 Å². The fourth-order valence-electron chi connectivity index (χ4n) is 2.45. The molecule has 6 heteroatoms. The molecule has 1 unspecified atom stereocenters. The maximum Gasteiger partial charge on any atom is 0.161 e. The minimum Gasteiger partial charge on any atom is -0.496 e. The maximum absolute atomic E-state index is 5.80. The lowest BCUT2D eigenvalue weighted by Gasteiger charge is -2.21. The number of hydrogen-bond acceptors (Lipinski definition) is 5. The summed E-state index contributed by atoms with van der Waals surface area (Å²) in [6.45, 7) is 4.77. The molecule has 0 saturated heterocycles. The van der Waals surface area contributed by atoms with Gasteiger partial charge in [-0.2, -0.15) is 5.10 Å². The Kier molecular flexibility index (Phi) is 4.82. The third kappa shape index (κ3) is 2.86. The number of nitrogens with one attached hydrogen (secondary N) is 1. The first-order chi connectivity index (χ1) is 10.2. The molecule has 1 aromatic carbocycles. The molecule has 21 heavy (non-hydrogen) atoms. The van der Waals surface area contributed by atoms with Crippen LogP contribution in [0.1, 0.15) is 29.8 Å². The van der Waals surface area contributed by atoms with E-state index in [9.17, 15) is 0 Å². The quantitative estimate of drug-likeness (QED) is 0.626. The molecule has 6 nitrogen and oxygen atoms in total. The highest BCUT2D eigenvalue weighted by Crippen LogP contribution is 2.34. The van der Waals surface area contributed by atoms with E-state index in [0.29, 0.717) is 5.75 Å². The van der Waals surface area contributed by atoms with Crippen LogP contribution in [-0.2, 0) is 6.54 Å². The number of hydrazine groups is 1. The summed E-state index contributed by atoms with van der Waals surface area (Å²) in [5.74, 6) is 7.28. The molecule has 0 amide bonds. The summed E-state index contributed by atoms with van der Waals surface area (Å²) in [4.78, 5) is 0. The van der Waals surface area contributed by atoms with E-state index in [1.165, 1.54) is 0 Å². The number of nitrogens with two attached hydrogens (primary N) is 1. The van der Waals surface area contributed by atoms with E-state index in [2.05, 4.69) is 10.5 Å². The molecule has 0 fully saturated rings. The number of hydrogen-bond donors (Lipinski definition) is 2. The zero-order valence-electron chi connectivity index (χ0n) is 12.9. The predicted octanol–water partition coefficient (Wildman–Crippen LogP) is 1.78. The molecule has 0 aliphatic heterocycles. The fourth-order valence-corrected chi connectivity index (χ4v) is 2.45. The van der Waals surface area contributed by atoms with Crippen molar-refractivity contribution in [2.75, 3.05) is 14.2 Å². The molecular weight excluding hydrogens is 268 g/mol. The van der Waals surface area contributed by atoms with Crippen molar-refractivity contribution in [2.45, 2.75) is 26.4 Å². The van der Waals surface area contributed by atoms with Crippen LogP contribution in [0, 0.1) is 6.92 Å². The number of rotatable bonds is 6. The van der Waals surface area contributed by atoms with Gasteiger partial charge in [0.25, 0.3) is 0 Å². The van der Waals surface area contributed by atoms with Gasteiger partial charge >= 0.3 is 0 Å². The van der Waals surface area contributed by atoms with Crippen LogP contribution in [-0.4, -0.2) is 24.0 Å². The summed E-state index contributed by atoms with van der Waals surface area (Å²) in [5, 5.41) is 4.33. The number of methoxy groups -OCH3 is 2. The Labute approximate surface area is 124 Å². The Bertz CT molecular complexity index is 588. The normalized spacial score (nSPS) is 12.2. The predicted molar refractivity (Wildman–Crippen MR) is 81.4 cm³/mol. The number of benzene rings is 1. The molecule has 0 spiro atoms. The Hall–Kier alpha value is -2.05. The van der Waals surface area contributed by atoms with Gasteiger partial charge in [0.1, 0.15) is 11.4 Å². The standard InChI is InChI=1S/C15H22N4O2/c1-5-19-15(13(21-4)9-17-19)14(18-16)11-7-6-10(2)8-12(11)20-3/h6-9,14,18H,5,16H2,1-4H3. The smallest absolute Gasteiger partial charge is 0.161 e. The van der Waals surface area contributed by atoms with E-state index in [-0.39, 0.29) is 6.04 Å². The monoisotopic (exact) mass is 290 g/mol. The lowest BCUT2D eigenvalue weighted by molar-refractivity contribution is 0.388. The maximum atomic E-state index is 5.80. The van der Waals surface area contributed by atoms with Gasteiger partial charge in [0, 0.05) is 12.1 Å². The Balaban J connectivity index is 2.57. The van der Waals surface area contributed by atoms with Crippen LogP contribution < -0.4 is 20.7 Å². The second kappa shape index (κ2) is 6.60. The third-order valence-corrected chi connectivity index (χ3v) is 3.50. The van der Waals surface area contributed by atoms with Crippen LogP contribution in [0.3, 0.4) is 0 Å². The molecular formula is C15H22N4O2. The topological polar surface area (TPSA) is 74.3 Å². The first-order valence-corrected chi connectivity index (χ1v) is 6.86. The molecule has 3 N–H and O–H groups in total. The minimum atomic E-state index is -0.266. The zero-order chi connectivity index (χ0) is 15.4. The highest BCUT2D eigenvalue weighted by molar-refractivity contribution is 5.45. The van der Waals surface area contributed by atoms with Crippen LogP contribution in [0.15, 0.2) is 24.4 Å². The van der Waals surface area contributed by atoms with Crippen LogP contribution in [0.5, 0.6) is 11.5 Å². The number of ether oxygens (including phenoxy) is 2. The molecule has 0 saturated carbocycles. The number of aromatic nitrogens is 2. The zero-order valence-corrected chi connectivity index (χ0v) is 12.9. The van der Waals surface area contributed by atoms with E-state index in [1.54, 1.807) is 20.4 Å². The van der Waals surface area contributed by atoms with Crippen molar-refractivity contribution in [3.63, 3.8) is 0 Å². The second-order valence-electron chi connectivity index (χ2n) is 4.76. The van der Waals surface area contributed by atoms with Crippen molar-refractivity contribution in [3.8, 4) is 11.5 Å². The van der Waals surface area contributed by atoms with Crippen LogP contribution in [0.25, 0.3) is 0 Å². The van der Waals surface area contributed by atoms with Crippen molar-refractivity contribution < 1.29 is 9.47 Å². The van der Waals surface area contributed by atoms with Crippen LogP contribution in [0.2, 0.25) is 0 Å². The van der Waals surface area contributed by atoms with E-state index in [1.807, 2.05) is 36.7 Å². The Morgan fingerprint density at radius 1 is 1.29 bits per heavy atom. The van der Waals surface area contributed by atoms with Crippen LogP contribution >= 0.6 is 0 Å². The summed E-state index contributed by atoms with van der Waals surface area (Å²) in [7, 11) is 3.28. The lowest BCUT2D eigenvalue weighted by Crippen LogP contribution is -2.31. The van der Waals surface area contributed by atoms with Gasteiger partial charge in [-0.05, 0) is 25.5 Å². The SMILES string of the molecule is CCn1ncc(OC)c1C(NN)c1ccc(C)cc1OC. The van der Waals surface area contributed by atoms with Gasteiger partial charge in [-0.15, -0.1) is 0 Å². The van der Waals surface area contributed by atoms with E-state index < -0.39 is 0 Å². The molecule has 2 aromatic rings. The highest BCUT2D eigenvalue weighted by atomic mass is 16.5. The first-order valence-electron chi connectivity index (χ1n) is 6.86. The molecule has 1 heterocycles. The molecule has 1 aromatic heterocycles. The van der Waals surface area contributed by atoms with Crippen molar-refractivity contribution >= 4 is 0 Å². The third-order valence-electron chi connectivity index (χ3n) is 3.50. The average molecular weight is 290 g/mol. The van der Waals surface area contributed by atoms with Gasteiger partial charge in [-0.25, -0.2) is 5.43 Å². The van der Waals surface area contributed by atoms with Crippen molar-refractivity contribution in [1.82, 2.24) is 15.2 Å². The van der Waals surface area contributed by atoms with E-state index >= 15 is 0 Å². The number of nitrogens with zero attached hydrogens (tertiary/aromatic N) is 2. The fraction of sp³-hybridized carbons (Fsp3) is 0.400. The molecule has 0 radical (unpaired) electrons. The average Bonchev–Trinajstić information content (AvgIpc) is 2.92. The summed E-state index contributed by atoms with van der Waals surface area (Å²) in [6, 6.07) is 5.75. The molecule has 0 aliphatic carbocycles. The second-order valence-corrected chi connectivity index (χ2v) is 4.76. The van der Waals surface area contributed by atoms with Gasteiger partial charge in [0.2, 0.25) is 0 Å². The summed E-state index contributed by atoms with van der Waals surface area (Å²) in [6.07, 6.45) is 1.70. The highest BCUT2D eigenvalue weighted by Gasteiger charge is 2.25. The molecule has 2 rings (SSSR count). The largest absolute Gasteiger partial charge is 0.496 e. The summed E-state index contributed by atoms with van der Waals surface area (Å²) in [5.41, 5.74) is 5.79. The van der Waals surface area contributed by atoms with Gasteiger partial charge in [-0.1, -0.05) is 12.1 Å². The van der Waals surface area contributed by atoms with Gasteiger partial charge in [0.15, 0.2) is 5.75 Å². The van der Waals surface area contributed by atoms with E-state index in [4.69, 9.17) is 15.3 Å². The van der Waals surface area contributed by atoms with Gasteiger partial charge < -0.3 is 9.47 Å². The first kappa shape index (κ1) is 15.3. The van der Waals surface area contributed by atoms with E-state index in [0.717, 1.165) is 29.1 Å². The summed E-state index contributed by atoms with van der Waals surface area (Å²) >= 11 is 0. The van der Waals surface area contributed by atoms with Crippen LogP contribution in [0.4, 0.5) is 0 Å². The van der Waals surface area contributed by atoms with Crippen molar-refractivity contribution in [2.24, 2.45) is 5.84 Å². The Morgan fingerprint density at radius 3 is 2.57 bits per heavy atom. The lowest BCUT2D eigenvalue weighted by atomic mass is 10.0. The summed E-state index contributed by atoms with van der Waals surface area (Å²) < 4.78 is 12.8. The molecule has 0 bridgehead atoms. The molecule has 1 atom stereocenters. The minimum absolute atomic E-state index is 0.266. The Morgan fingerprint density at radius 2 is 2.00 bits per heavy atom.